The van der Waals surface area contributed by atoms with E-state index < -0.39 is 15.6 Å². The van der Waals surface area contributed by atoms with E-state index in [0.29, 0.717) is 18.8 Å². The molecule has 0 bridgehead atoms. The second kappa shape index (κ2) is 5.09. The van der Waals surface area contributed by atoms with Crippen molar-refractivity contribution in [3.8, 4) is 0 Å². The molecule has 1 aromatic rings. The first-order valence-corrected chi connectivity index (χ1v) is 8.13. The molecule has 1 atom stereocenters. The van der Waals surface area contributed by atoms with Crippen molar-refractivity contribution in [1.29, 1.82) is 0 Å². The molecule has 1 fully saturated rings. The molecule has 1 unspecified atom stereocenters. The van der Waals surface area contributed by atoms with E-state index in [2.05, 4.69) is 4.98 Å². The van der Waals surface area contributed by atoms with Crippen LogP contribution >= 0.6 is 11.6 Å². The molecule has 0 saturated carbocycles. The van der Waals surface area contributed by atoms with E-state index in [9.17, 15) is 8.42 Å². The predicted molar refractivity (Wildman–Crippen MR) is 73.7 cm³/mol. The first-order valence-electron chi connectivity index (χ1n) is 6.16. The monoisotopic (exact) mass is 306 g/mol. The average Bonchev–Trinajstić information content (AvgIpc) is 2.75. The number of nitrogens with zero attached hydrogens (tertiary/aromatic N) is 1. The quantitative estimate of drug-likeness (QED) is 0.868. The highest BCUT2D eigenvalue weighted by molar-refractivity contribution is 7.89. The number of aromatic amines is 1. The molecule has 0 aliphatic carbocycles. The number of ether oxygens (including phenoxy) is 1. The highest BCUT2D eigenvalue weighted by Crippen LogP contribution is 2.26. The van der Waals surface area contributed by atoms with Crippen LogP contribution in [0.1, 0.15) is 26.5 Å². The summed E-state index contributed by atoms with van der Waals surface area (Å²) in [5.41, 5.74) is 0.219. The second-order valence-electron chi connectivity index (χ2n) is 5.48. The van der Waals surface area contributed by atoms with Gasteiger partial charge in [0.05, 0.1) is 22.5 Å². The van der Waals surface area contributed by atoms with Gasteiger partial charge in [0.25, 0.3) is 0 Å². The molecule has 108 valence electrons. The minimum Gasteiger partial charge on any atom is -0.370 e. The van der Waals surface area contributed by atoms with Gasteiger partial charge in [-0.25, -0.2) is 8.42 Å². The molecular weight excluding hydrogens is 288 g/mol. The number of hydrogen-bond donors (Lipinski definition) is 1. The van der Waals surface area contributed by atoms with Gasteiger partial charge in [0.1, 0.15) is 0 Å². The maximum Gasteiger partial charge on any atom is 0.244 e. The zero-order valence-electron chi connectivity index (χ0n) is 11.3. The fourth-order valence-corrected chi connectivity index (χ4v) is 4.21. The van der Waals surface area contributed by atoms with Gasteiger partial charge < -0.3 is 9.72 Å². The van der Waals surface area contributed by atoms with Crippen LogP contribution in [0, 0.1) is 0 Å². The van der Waals surface area contributed by atoms with Crippen LogP contribution in [0.4, 0.5) is 0 Å². The lowest BCUT2D eigenvalue weighted by Gasteiger charge is -2.40. The lowest BCUT2D eigenvalue weighted by molar-refractivity contribution is -0.109. The maximum absolute atomic E-state index is 12.6. The molecule has 1 aliphatic heterocycles. The summed E-state index contributed by atoms with van der Waals surface area (Å²) in [5, 5.41) is 0. The maximum atomic E-state index is 12.6. The molecule has 5 nitrogen and oxygen atoms in total. The van der Waals surface area contributed by atoms with Crippen LogP contribution in [0.3, 0.4) is 0 Å². The summed E-state index contributed by atoms with van der Waals surface area (Å²) in [6.45, 7) is 6.39. The third kappa shape index (κ3) is 3.13. The number of nitrogens with one attached hydrogen (secondary N) is 1. The highest BCUT2D eigenvalue weighted by atomic mass is 35.5. The van der Waals surface area contributed by atoms with E-state index in [1.807, 2.05) is 20.8 Å². The van der Waals surface area contributed by atoms with Crippen molar-refractivity contribution in [2.75, 3.05) is 13.1 Å². The second-order valence-corrected chi connectivity index (χ2v) is 7.69. The van der Waals surface area contributed by atoms with Gasteiger partial charge in [0, 0.05) is 25.0 Å². The van der Waals surface area contributed by atoms with Crippen molar-refractivity contribution >= 4 is 21.6 Å². The van der Waals surface area contributed by atoms with Crippen molar-refractivity contribution in [2.45, 2.75) is 43.3 Å². The SMILES string of the molecule is CC1CN(S(=O)(=O)c2c[nH]c(CCl)c2)CC(C)(C)O1. The van der Waals surface area contributed by atoms with Crippen molar-refractivity contribution in [3.05, 3.63) is 18.0 Å². The van der Waals surface area contributed by atoms with Gasteiger partial charge in [-0.1, -0.05) is 0 Å². The summed E-state index contributed by atoms with van der Waals surface area (Å²) < 4.78 is 32.3. The Balaban J connectivity index is 2.28. The highest BCUT2D eigenvalue weighted by Gasteiger charge is 2.38. The Morgan fingerprint density at radius 3 is 2.79 bits per heavy atom. The van der Waals surface area contributed by atoms with Gasteiger partial charge in [-0.15, -0.1) is 11.6 Å². The third-order valence-corrected chi connectivity index (χ3v) is 5.11. The molecule has 2 heterocycles. The molecular formula is C12H19ClN2O3S. The topological polar surface area (TPSA) is 62.4 Å². The summed E-state index contributed by atoms with van der Waals surface area (Å²) in [4.78, 5) is 3.12. The normalized spacial score (nSPS) is 24.5. The summed E-state index contributed by atoms with van der Waals surface area (Å²) in [6, 6.07) is 1.58. The zero-order chi connectivity index (χ0) is 14.3. The first kappa shape index (κ1) is 14.8. The van der Waals surface area contributed by atoms with E-state index in [4.69, 9.17) is 16.3 Å². The summed E-state index contributed by atoms with van der Waals surface area (Å²) in [7, 11) is -3.49. The van der Waals surface area contributed by atoms with Gasteiger partial charge in [-0.3, -0.25) is 0 Å². The number of sulfonamides is 1. The number of morpholine rings is 1. The minimum atomic E-state index is -3.49. The fraction of sp³-hybridized carbons (Fsp3) is 0.667. The largest absolute Gasteiger partial charge is 0.370 e. The Labute approximate surface area is 118 Å². The van der Waals surface area contributed by atoms with Gasteiger partial charge in [-0.05, 0) is 26.8 Å². The van der Waals surface area contributed by atoms with Crippen LogP contribution < -0.4 is 0 Å². The van der Waals surface area contributed by atoms with Crippen molar-refractivity contribution < 1.29 is 13.2 Å². The molecule has 7 heteroatoms. The van der Waals surface area contributed by atoms with Gasteiger partial charge in [-0.2, -0.15) is 4.31 Å². The van der Waals surface area contributed by atoms with Crippen LogP contribution in [-0.4, -0.2) is 42.5 Å². The van der Waals surface area contributed by atoms with Gasteiger partial charge >= 0.3 is 0 Å². The summed E-state index contributed by atoms with van der Waals surface area (Å²) in [6.07, 6.45) is 1.37. The molecule has 1 N–H and O–H groups in total. The smallest absolute Gasteiger partial charge is 0.244 e. The number of rotatable bonds is 3. The Bertz CT molecular complexity index is 553. The third-order valence-electron chi connectivity index (χ3n) is 3.04. The minimum absolute atomic E-state index is 0.120. The van der Waals surface area contributed by atoms with Gasteiger partial charge in [0.15, 0.2) is 0 Å². The molecule has 0 radical (unpaired) electrons. The van der Waals surface area contributed by atoms with E-state index in [1.54, 1.807) is 6.07 Å². The Morgan fingerprint density at radius 1 is 1.58 bits per heavy atom. The van der Waals surface area contributed by atoms with E-state index in [-0.39, 0.29) is 16.9 Å². The van der Waals surface area contributed by atoms with Crippen molar-refractivity contribution in [3.63, 3.8) is 0 Å². The molecule has 1 saturated heterocycles. The van der Waals surface area contributed by atoms with Crippen molar-refractivity contribution in [2.24, 2.45) is 0 Å². The van der Waals surface area contributed by atoms with Crippen LogP contribution in [0.2, 0.25) is 0 Å². The first-order chi connectivity index (χ1) is 8.74. The standard InChI is InChI=1S/C12H19ClN2O3S/c1-9-7-15(8-12(2,3)18-9)19(16,17)11-4-10(5-13)14-6-11/h4,6,9,14H,5,7-8H2,1-3H3. The molecule has 1 aliphatic rings. The van der Waals surface area contributed by atoms with Crippen LogP contribution in [0.15, 0.2) is 17.2 Å². The molecule has 2 rings (SSSR count). The number of H-pyrrole nitrogens is 1. The van der Waals surface area contributed by atoms with Crippen LogP contribution in [-0.2, 0) is 20.6 Å². The Hall–Kier alpha value is -0.560. The Kier molecular flexibility index (Phi) is 3.97. The van der Waals surface area contributed by atoms with E-state index in [0.717, 1.165) is 0 Å². The number of halogens is 1. The zero-order valence-corrected chi connectivity index (χ0v) is 12.9. The molecule has 0 spiro atoms. The number of aromatic nitrogens is 1. The van der Waals surface area contributed by atoms with Crippen molar-refractivity contribution in [1.82, 2.24) is 9.29 Å². The van der Waals surface area contributed by atoms with Crippen LogP contribution in [0.5, 0.6) is 0 Å². The van der Waals surface area contributed by atoms with Gasteiger partial charge in [0.2, 0.25) is 10.0 Å². The predicted octanol–water partition coefficient (Wildman–Crippen LogP) is 1.94. The lowest BCUT2D eigenvalue weighted by Crippen LogP contribution is -2.53. The number of alkyl halides is 1. The fourth-order valence-electron chi connectivity index (χ4n) is 2.37. The number of hydrogen-bond acceptors (Lipinski definition) is 3. The van der Waals surface area contributed by atoms with E-state index in [1.165, 1.54) is 10.5 Å². The Morgan fingerprint density at radius 2 is 2.26 bits per heavy atom. The molecule has 1 aromatic heterocycles. The summed E-state index contributed by atoms with van der Waals surface area (Å²) >= 11 is 5.68. The molecule has 19 heavy (non-hydrogen) atoms. The van der Waals surface area contributed by atoms with Crippen LogP contribution in [0.25, 0.3) is 0 Å². The molecule has 0 amide bonds. The molecule has 0 aromatic carbocycles. The summed E-state index contributed by atoms with van der Waals surface area (Å²) in [5.74, 6) is 0.264. The van der Waals surface area contributed by atoms with E-state index >= 15 is 0 Å². The average molecular weight is 307 g/mol. The lowest BCUT2D eigenvalue weighted by atomic mass is 10.1.